The molecule has 6 aromatic rings. The van der Waals surface area contributed by atoms with Gasteiger partial charge in [-0.3, -0.25) is 0 Å². The third kappa shape index (κ3) is 6.00. The molecule has 0 bridgehead atoms. The second-order valence-corrected chi connectivity index (χ2v) is 9.07. The summed E-state index contributed by atoms with van der Waals surface area (Å²) in [5, 5.41) is 11.1. The van der Waals surface area contributed by atoms with E-state index in [4.69, 9.17) is 14.2 Å². The molecule has 0 fully saturated rings. The first-order valence-corrected chi connectivity index (χ1v) is 12.9. The summed E-state index contributed by atoms with van der Waals surface area (Å²) in [7, 11) is 1.38. The molecule has 0 saturated carbocycles. The summed E-state index contributed by atoms with van der Waals surface area (Å²) in [6, 6.07) is 31.1. The highest BCUT2D eigenvalue weighted by atomic mass is 16.5. The number of ether oxygens (including phenoxy) is 3. The van der Waals surface area contributed by atoms with E-state index in [0.717, 1.165) is 44.2 Å². The summed E-state index contributed by atoms with van der Waals surface area (Å²) in [4.78, 5) is 18.0. The number of benzene rings is 4. The molecule has 4 aromatic carbocycles. The van der Waals surface area contributed by atoms with Crippen molar-refractivity contribution in [1.29, 1.82) is 0 Å². The molecular formula is C33H30N2O5. The molecule has 202 valence electrons. The summed E-state index contributed by atoms with van der Waals surface area (Å²) in [6.07, 6.45) is 3.64. The zero-order valence-electron chi connectivity index (χ0n) is 22.1. The maximum Gasteiger partial charge on any atom is 0.338 e. The van der Waals surface area contributed by atoms with E-state index in [0.29, 0.717) is 24.5 Å². The molecule has 0 aliphatic rings. The fourth-order valence-electron chi connectivity index (χ4n) is 4.46. The first kappa shape index (κ1) is 26.6. The average Bonchev–Trinajstić information content (AvgIpc) is 3.71. The Bertz CT molecular complexity index is 1690. The zero-order valence-corrected chi connectivity index (χ0v) is 22.1. The predicted molar refractivity (Wildman–Crippen MR) is 155 cm³/mol. The molecule has 0 saturated heterocycles. The summed E-state index contributed by atoms with van der Waals surface area (Å²) in [6.45, 7) is 1.05. The molecule has 0 spiro atoms. The van der Waals surface area contributed by atoms with E-state index in [-0.39, 0.29) is 12.6 Å². The van der Waals surface area contributed by atoms with Gasteiger partial charge in [-0.05, 0) is 47.0 Å². The number of fused-ring (bicyclic) bond motifs is 2. The Hall–Kier alpha value is -5.01. The van der Waals surface area contributed by atoms with E-state index in [9.17, 15) is 9.90 Å². The van der Waals surface area contributed by atoms with Gasteiger partial charge in [-0.15, -0.1) is 0 Å². The van der Waals surface area contributed by atoms with Gasteiger partial charge in [-0.1, -0.05) is 66.7 Å². The van der Waals surface area contributed by atoms with Crippen LogP contribution in [-0.4, -0.2) is 28.2 Å². The van der Waals surface area contributed by atoms with Gasteiger partial charge in [0, 0.05) is 23.2 Å². The maximum absolute atomic E-state index is 11.7. The lowest BCUT2D eigenvalue weighted by Gasteiger charge is -2.09. The third-order valence-corrected chi connectivity index (χ3v) is 6.51. The van der Waals surface area contributed by atoms with Crippen LogP contribution in [-0.2, 0) is 24.6 Å². The van der Waals surface area contributed by atoms with Crippen LogP contribution in [0.4, 0.5) is 0 Å². The molecule has 7 nitrogen and oxygen atoms in total. The van der Waals surface area contributed by atoms with Crippen LogP contribution in [0.3, 0.4) is 0 Å². The van der Waals surface area contributed by atoms with Crippen molar-refractivity contribution in [3.8, 4) is 11.5 Å². The van der Waals surface area contributed by atoms with Crippen LogP contribution in [0.25, 0.3) is 21.8 Å². The van der Waals surface area contributed by atoms with Gasteiger partial charge in [0.2, 0.25) is 0 Å². The Morgan fingerprint density at radius 1 is 0.675 bits per heavy atom. The third-order valence-electron chi connectivity index (χ3n) is 6.51. The minimum absolute atomic E-state index is 0.0350. The molecule has 7 heteroatoms. The lowest BCUT2D eigenvalue weighted by atomic mass is 10.1. The molecule has 2 aromatic heterocycles. The molecule has 3 N–H and O–H groups in total. The number of hydrogen-bond donors (Lipinski definition) is 3. The van der Waals surface area contributed by atoms with Crippen LogP contribution < -0.4 is 9.47 Å². The number of H-pyrrole nitrogens is 2. The van der Waals surface area contributed by atoms with Crippen molar-refractivity contribution in [2.75, 3.05) is 7.11 Å². The van der Waals surface area contributed by atoms with Crippen molar-refractivity contribution in [2.24, 2.45) is 0 Å². The quantitative estimate of drug-likeness (QED) is 0.187. The average molecular weight is 535 g/mol. The van der Waals surface area contributed by atoms with Crippen LogP contribution in [0.2, 0.25) is 0 Å². The second kappa shape index (κ2) is 12.7. The lowest BCUT2D eigenvalue weighted by Crippen LogP contribution is -2.02. The Morgan fingerprint density at radius 3 is 1.75 bits per heavy atom. The van der Waals surface area contributed by atoms with Crippen molar-refractivity contribution in [2.45, 2.75) is 19.8 Å². The Balaban J connectivity index is 0.000000162. The standard InChI is InChI=1S/C17H15NO3.C16H15NO2/c1-20-17(19)14-7-8-15(16-13(14)9-10-18-16)21-11-12-5-3-2-4-6-12;18-10-13-6-7-15(16-14(13)8-9-17-16)19-11-12-4-2-1-3-5-12/h2-10,18H,11H2,1H3;1-9,17-18H,10-11H2. The van der Waals surface area contributed by atoms with Crippen molar-refractivity contribution in [3.05, 3.63) is 132 Å². The summed E-state index contributed by atoms with van der Waals surface area (Å²) >= 11 is 0. The van der Waals surface area contributed by atoms with Gasteiger partial charge < -0.3 is 29.3 Å². The fourth-order valence-corrected chi connectivity index (χ4v) is 4.46. The number of carbonyl (C=O) groups excluding carboxylic acids is 1. The smallest absolute Gasteiger partial charge is 0.338 e. The molecule has 0 aliphatic carbocycles. The van der Waals surface area contributed by atoms with Gasteiger partial charge in [0.15, 0.2) is 0 Å². The van der Waals surface area contributed by atoms with Crippen LogP contribution in [0.5, 0.6) is 11.5 Å². The SMILES string of the molecule is COC(=O)c1ccc(OCc2ccccc2)c2[nH]ccc12.OCc1ccc(OCc2ccccc2)c2[nH]ccc12. The number of hydrogen-bond acceptors (Lipinski definition) is 5. The van der Waals surface area contributed by atoms with E-state index < -0.39 is 0 Å². The van der Waals surface area contributed by atoms with Crippen molar-refractivity contribution in [1.82, 2.24) is 9.97 Å². The maximum atomic E-state index is 11.7. The van der Waals surface area contributed by atoms with Crippen molar-refractivity contribution < 1.29 is 24.1 Å². The number of methoxy groups -OCH3 is 1. The molecule has 0 radical (unpaired) electrons. The number of rotatable bonds is 8. The van der Waals surface area contributed by atoms with Gasteiger partial charge in [0.1, 0.15) is 24.7 Å². The van der Waals surface area contributed by atoms with E-state index in [1.807, 2.05) is 91.1 Å². The highest BCUT2D eigenvalue weighted by Crippen LogP contribution is 2.29. The molecular weight excluding hydrogens is 504 g/mol. The molecule has 40 heavy (non-hydrogen) atoms. The number of carbonyl (C=O) groups is 1. The Morgan fingerprint density at radius 2 is 1.20 bits per heavy atom. The number of aliphatic hydroxyl groups is 1. The first-order chi connectivity index (χ1) is 19.7. The monoisotopic (exact) mass is 534 g/mol. The number of esters is 1. The fraction of sp³-hybridized carbons (Fsp3) is 0.121. The van der Waals surface area contributed by atoms with Gasteiger partial charge in [-0.2, -0.15) is 0 Å². The van der Waals surface area contributed by atoms with E-state index in [2.05, 4.69) is 9.97 Å². The van der Waals surface area contributed by atoms with Gasteiger partial charge in [0.25, 0.3) is 0 Å². The molecule has 0 amide bonds. The number of aromatic amines is 2. The van der Waals surface area contributed by atoms with Crippen LogP contribution in [0.1, 0.15) is 27.0 Å². The molecule has 0 unspecified atom stereocenters. The molecule has 2 heterocycles. The van der Waals surface area contributed by atoms with Crippen LogP contribution in [0, 0.1) is 0 Å². The van der Waals surface area contributed by atoms with Crippen LogP contribution in [0.15, 0.2) is 109 Å². The zero-order chi connectivity index (χ0) is 27.7. The summed E-state index contributed by atoms with van der Waals surface area (Å²) in [5.41, 5.74) is 5.39. The number of aromatic nitrogens is 2. The Labute approximate surface area is 232 Å². The summed E-state index contributed by atoms with van der Waals surface area (Å²) < 4.78 is 16.5. The predicted octanol–water partition coefficient (Wildman–Crippen LogP) is 6.77. The first-order valence-electron chi connectivity index (χ1n) is 12.9. The minimum atomic E-state index is -0.353. The van der Waals surface area contributed by atoms with E-state index >= 15 is 0 Å². The minimum Gasteiger partial charge on any atom is -0.487 e. The van der Waals surface area contributed by atoms with Crippen LogP contribution >= 0.6 is 0 Å². The topological polar surface area (TPSA) is 96.6 Å². The van der Waals surface area contributed by atoms with E-state index in [1.54, 1.807) is 18.3 Å². The second-order valence-electron chi connectivity index (χ2n) is 9.07. The molecule has 0 aliphatic heterocycles. The largest absolute Gasteiger partial charge is 0.487 e. The van der Waals surface area contributed by atoms with Crippen molar-refractivity contribution in [3.63, 3.8) is 0 Å². The van der Waals surface area contributed by atoms with Gasteiger partial charge >= 0.3 is 5.97 Å². The lowest BCUT2D eigenvalue weighted by molar-refractivity contribution is 0.0603. The molecule has 0 atom stereocenters. The molecule has 6 rings (SSSR count). The highest BCUT2D eigenvalue weighted by molar-refractivity contribution is 6.05. The number of nitrogens with one attached hydrogen (secondary N) is 2. The van der Waals surface area contributed by atoms with Crippen molar-refractivity contribution >= 4 is 27.8 Å². The Kier molecular flexibility index (Phi) is 8.44. The highest BCUT2D eigenvalue weighted by Gasteiger charge is 2.14. The van der Waals surface area contributed by atoms with Gasteiger partial charge in [-0.25, -0.2) is 4.79 Å². The number of aliphatic hydroxyl groups excluding tert-OH is 1. The van der Waals surface area contributed by atoms with Gasteiger partial charge in [0.05, 0.1) is 30.3 Å². The normalized spacial score (nSPS) is 10.7. The van der Waals surface area contributed by atoms with E-state index in [1.165, 1.54) is 7.11 Å². The summed E-state index contributed by atoms with van der Waals surface area (Å²) in [5.74, 6) is 1.17.